The summed E-state index contributed by atoms with van der Waals surface area (Å²) in [6.45, 7) is 0. The number of thioether (sulfide) groups is 1. The lowest BCUT2D eigenvalue weighted by Crippen LogP contribution is -1.94. The highest BCUT2D eigenvalue weighted by atomic mass is 32.2. The van der Waals surface area contributed by atoms with Gasteiger partial charge in [-0.05, 0) is 11.6 Å². The van der Waals surface area contributed by atoms with E-state index in [1.807, 2.05) is 17.8 Å². The Labute approximate surface area is 125 Å². The molecule has 0 saturated carbocycles. The molecule has 0 unspecified atom stereocenters. The fraction of sp³-hybridized carbons (Fsp3) is 0.214. The number of nitrogens with zero attached hydrogens (tertiary/aromatic N) is 4. The first kappa shape index (κ1) is 13.8. The maximum absolute atomic E-state index is 13.6. The van der Waals surface area contributed by atoms with Crippen LogP contribution in [0, 0.1) is 5.82 Å². The van der Waals surface area contributed by atoms with Crippen LogP contribution in [0.25, 0.3) is 0 Å². The largest absolute Gasteiger partial charge is 0.416 e. The first-order valence-corrected chi connectivity index (χ1v) is 7.36. The minimum atomic E-state index is -0.266. The number of halogens is 1. The SMILES string of the molecule is Cn1ccnc1CSc1nnc(Cc2ccccc2F)o1. The van der Waals surface area contributed by atoms with Crippen LogP contribution < -0.4 is 0 Å². The van der Waals surface area contributed by atoms with E-state index in [-0.39, 0.29) is 5.82 Å². The molecule has 7 heteroatoms. The molecule has 0 N–H and O–H groups in total. The molecule has 0 spiro atoms. The molecular formula is C14H13FN4OS. The molecule has 0 atom stereocenters. The quantitative estimate of drug-likeness (QED) is 0.678. The zero-order valence-corrected chi connectivity index (χ0v) is 12.2. The van der Waals surface area contributed by atoms with Gasteiger partial charge in [-0.25, -0.2) is 9.37 Å². The molecule has 0 aliphatic carbocycles. The Kier molecular flexibility index (Phi) is 4.01. The first-order valence-electron chi connectivity index (χ1n) is 6.37. The molecule has 5 nitrogen and oxygen atoms in total. The highest BCUT2D eigenvalue weighted by molar-refractivity contribution is 7.98. The number of rotatable bonds is 5. The molecule has 1 aromatic carbocycles. The smallest absolute Gasteiger partial charge is 0.277 e. The van der Waals surface area contributed by atoms with Crippen molar-refractivity contribution in [1.29, 1.82) is 0 Å². The van der Waals surface area contributed by atoms with Crippen LogP contribution in [0.15, 0.2) is 46.3 Å². The Morgan fingerprint density at radius 1 is 1.29 bits per heavy atom. The zero-order chi connectivity index (χ0) is 14.7. The summed E-state index contributed by atoms with van der Waals surface area (Å²) in [6, 6.07) is 6.56. The number of imidazole rings is 1. The monoisotopic (exact) mass is 304 g/mol. The molecule has 0 bridgehead atoms. The summed E-state index contributed by atoms with van der Waals surface area (Å²) in [7, 11) is 1.93. The minimum Gasteiger partial charge on any atom is -0.416 e. The lowest BCUT2D eigenvalue weighted by Gasteiger charge is -1.99. The van der Waals surface area contributed by atoms with Crippen molar-refractivity contribution < 1.29 is 8.81 Å². The average Bonchev–Trinajstić information content (AvgIpc) is 3.08. The number of hydrogen-bond acceptors (Lipinski definition) is 5. The van der Waals surface area contributed by atoms with Gasteiger partial charge in [-0.1, -0.05) is 30.0 Å². The van der Waals surface area contributed by atoms with Crippen LogP contribution in [-0.4, -0.2) is 19.7 Å². The van der Waals surface area contributed by atoms with Gasteiger partial charge >= 0.3 is 0 Å². The lowest BCUT2D eigenvalue weighted by atomic mass is 10.1. The van der Waals surface area contributed by atoms with Crippen molar-refractivity contribution in [1.82, 2.24) is 19.7 Å². The topological polar surface area (TPSA) is 56.7 Å². The van der Waals surface area contributed by atoms with Crippen molar-refractivity contribution in [2.45, 2.75) is 17.4 Å². The summed E-state index contributed by atoms with van der Waals surface area (Å²) in [6.07, 6.45) is 3.92. The normalized spacial score (nSPS) is 11.0. The van der Waals surface area contributed by atoms with Crippen LogP contribution >= 0.6 is 11.8 Å². The maximum atomic E-state index is 13.6. The Morgan fingerprint density at radius 3 is 2.90 bits per heavy atom. The van der Waals surface area contributed by atoms with E-state index in [4.69, 9.17) is 4.42 Å². The maximum Gasteiger partial charge on any atom is 0.277 e. The molecule has 3 aromatic rings. The van der Waals surface area contributed by atoms with Crippen LogP contribution in [0.5, 0.6) is 0 Å². The van der Waals surface area contributed by atoms with Gasteiger partial charge < -0.3 is 8.98 Å². The molecule has 0 aliphatic rings. The second-order valence-electron chi connectivity index (χ2n) is 4.47. The van der Waals surface area contributed by atoms with E-state index < -0.39 is 0 Å². The molecule has 0 fully saturated rings. The predicted octanol–water partition coefficient (Wildman–Crippen LogP) is 2.83. The molecule has 108 valence electrons. The van der Waals surface area contributed by atoms with Gasteiger partial charge in [0.1, 0.15) is 11.6 Å². The lowest BCUT2D eigenvalue weighted by molar-refractivity contribution is 0.418. The van der Waals surface area contributed by atoms with Crippen molar-refractivity contribution in [2.24, 2.45) is 7.05 Å². The van der Waals surface area contributed by atoms with E-state index in [0.717, 1.165) is 5.82 Å². The van der Waals surface area contributed by atoms with Gasteiger partial charge in [0.25, 0.3) is 5.22 Å². The summed E-state index contributed by atoms with van der Waals surface area (Å²) in [5, 5.41) is 8.36. The van der Waals surface area contributed by atoms with Crippen LogP contribution in [0.2, 0.25) is 0 Å². The van der Waals surface area contributed by atoms with Crippen LogP contribution in [0.1, 0.15) is 17.3 Å². The molecule has 0 saturated heterocycles. The van der Waals surface area contributed by atoms with E-state index >= 15 is 0 Å². The van der Waals surface area contributed by atoms with Crippen molar-refractivity contribution in [3.63, 3.8) is 0 Å². The third-order valence-electron chi connectivity index (χ3n) is 2.99. The fourth-order valence-corrected chi connectivity index (χ4v) is 2.62. The molecular weight excluding hydrogens is 291 g/mol. The van der Waals surface area contributed by atoms with E-state index in [2.05, 4.69) is 15.2 Å². The summed E-state index contributed by atoms with van der Waals surface area (Å²) < 4.78 is 21.0. The summed E-state index contributed by atoms with van der Waals surface area (Å²) in [4.78, 5) is 4.22. The van der Waals surface area contributed by atoms with Crippen molar-refractivity contribution >= 4 is 11.8 Å². The summed E-state index contributed by atoms with van der Waals surface area (Å²) in [5.41, 5.74) is 0.543. The number of aromatic nitrogens is 4. The van der Waals surface area contributed by atoms with E-state index in [9.17, 15) is 4.39 Å². The fourth-order valence-electron chi connectivity index (χ4n) is 1.83. The molecule has 3 rings (SSSR count). The van der Waals surface area contributed by atoms with Gasteiger partial charge in [0.2, 0.25) is 5.89 Å². The summed E-state index contributed by atoms with van der Waals surface area (Å²) in [5.74, 6) is 1.71. The van der Waals surface area contributed by atoms with E-state index in [1.54, 1.807) is 24.4 Å². The van der Waals surface area contributed by atoms with Gasteiger partial charge in [0, 0.05) is 19.4 Å². The van der Waals surface area contributed by atoms with Gasteiger partial charge in [-0.3, -0.25) is 0 Å². The molecule has 0 amide bonds. The van der Waals surface area contributed by atoms with Crippen LogP contribution in [0.4, 0.5) is 4.39 Å². The van der Waals surface area contributed by atoms with E-state index in [1.165, 1.54) is 17.8 Å². The molecule has 21 heavy (non-hydrogen) atoms. The molecule has 0 aliphatic heterocycles. The Balaban J connectivity index is 1.64. The van der Waals surface area contributed by atoms with Gasteiger partial charge in [-0.15, -0.1) is 10.2 Å². The average molecular weight is 304 g/mol. The Hall–Kier alpha value is -2.15. The predicted molar refractivity (Wildman–Crippen MR) is 76.3 cm³/mol. The zero-order valence-electron chi connectivity index (χ0n) is 11.4. The second kappa shape index (κ2) is 6.09. The van der Waals surface area contributed by atoms with Gasteiger partial charge in [-0.2, -0.15) is 0 Å². The standard InChI is InChI=1S/C14H13FN4OS/c1-19-7-6-16-12(19)9-21-14-18-17-13(20-14)8-10-4-2-3-5-11(10)15/h2-7H,8-9H2,1H3. The third-order valence-corrected chi connectivity index (χ3v) is 3.81. The number of hydrogen-bond donors (Lipinski definition) is 0. The minimum absolute atomic E-state index is 0.266. The molecule has 2 heterocycles. The number of benzene rings is 1. The van der Waals surface area contributed by atoms with Gasteiger partial charge in [0.15, 0.2) is 0 Å². The second-order valence-corrected chi connectivity index (χ2v) is 5.40. The Morgan fingerprint density at radius 2 is 2.14 bits per heavy atom. The van der Waals surface area contributed by atoms with E-state index in [0.29, 0.717) is 28.9 Å². The highest BCUT2D eigenvalue weighted by Crippen LogP contribution is 2.21. The van der Waals surface area contributed by atoms with Crippen molar-refractivity contribution in [3.05, 3.63) is 59.8 Å². The third kappa shape index (κ3) is 3.30. The van der Waals surface area contributed by atoms with Crippen LogP contribution in [0.3, 0.4) is 0 Å². The van der Waals surface area contributed by atoms with Gasteiger partial charge in [0.05, 0.1) is 12.2 Å². The molecule has 2 aromatic heterocycles. The van der Waals surface area contributed by atoms with Crippen LogP contribution in [-0.2, 0) is 19.2 Å². The number of aryl methyl sites for hydroxylation is 1. The van der Waals surface area contributed by atoms with Crippen molar-refractivity contribution in [2.75, 3.05) is 0 Å². The molecule has 0 radical (unpaired) electrons. The van der Waals surface area contributed by atoms with Crippen molar-refractivity contribution in [3.8, 4) is 0 Å². The highest BCUT2D eigenvalue weighted by Gasteiger charge is 2.11. The summed E-state index contributed by atoms with van der Waals surface area (Å²) >= 11 is 1.41. The first-order chi connectivity index (χ1) is 10.2. The Bertz CT molecular complexity index is 740.